The van der Waals surface area contributed by atoms with Crippen molar-refractivity contribution in [2.75, 3.05) is 26.2 Å². The van der Waals surface area contributed by atoms with E-state index < -0.39 is 5.60 Å². The summed E-state index contributed by atoms with van der Waals surface area (Å²) in [5, 5.41) is 8.98. The van der Waals surface area contributed by atoms with Crippen molar-refractivity contribution in [1.29, 1.82) is 5.26 Å². The molecular weight excluding hydrogens is 290 g/mol. The quantitative estimate of drug-likeness (QED) is 0.842. The van der Waals surface area contributed by atoms with Crippen LogP contribution >= 0.6 is 0 Å². The molecule has 0 aliphatic carbocycles. The van der Waals surface area contributed by atoms with E-state index in [0.717, 1.165) is 38.2 Å². The van der Waals surface area contributed by atoms with Gasteiger partial charge in [0.2, 0.25) is 0 Å². The van der Waals surface area contributed by atoms with Crippen LogP contribution in [-0.4, -0.2) is 47.7 Å². The Bertz CT molecular complexity index is 587. The smallest absolute Gasteiger partial charge is 0.410 e. The molecule has 1 saturated heterocycles. The highest BCUT2D eigenvalue weighted by atomic mass is 16.6. The van der Waals surface area contributed by atoms with Crippen LogP contribution in [0.4, 0.5) is 4.79 Å². The van der Waals surface area contributed by atoms with Crippen LogP contribution in [0.2, 0.25) is 0 Å². The van der Waals surface area contributed by atoms with Gasteiger partial charge in [-0.25, -0.2) is 4.79 Å². The number of hydrogen-bond acceptors (Lipinski definition) is 4. The minimum absolute atomic E-state index is 0.231. The molecule has 1 amide bonds. The summed E-state index contributed by atoms with van der Waals surface area (Å²) >= 11 is 0. The fourth-order valence-electron chi connectivity index (χ4n) is 2.64. The van der Waals surface area contributed by atoms with Gasteiger partial charge < -0.3 is 9.64 Å². The molecule has 0 saturated carbocycles. The standard InChI is InChI=1S/C18H25N3O2/c1-18(2,3)23-17(22)21-9-5-8-20(10-11-21)14-16-7-4-6-15(12-16)13-19/h4,6-7,12H,5,8-11,14H2,1-3H3. The van der Waals surface area contributed by atoms with Crippen LogP contribution in [0.5, 0.6) is 0 Å². The number of carbonyl (C=O) groups is 1. The number of ether oxygens (including phenoxy) is 1. The predicted octanol–water partition coefficient (Wildman–Crippen LogP) is 3.00. The van der Waals surface area contributed by atoms with Gasteiger partial charge in [-0.15, -0.1) is 0 Å². The van der Waals surface area contributed by atoms with Gasteiger partial charge in [0, 0.05) is 32.7 Å². The summed E-state index contributed by atoms with van der Waals surface area (Å²) in [5.41, 5.74) is 1.36. The first kappa shape index (κ1) is 17.3. The van der Waals surface area contributed by atoms with E-state index in [2.05, 4.69) is 11.0 Å². The van der Waals surface area contributed by atoms with E-state index in [4.69, 9.17) is 10.00 Å². The molecular formula is C18H25N3O2. The average molecular weight is 315 g/mol. The Labute approximate surface area is 138 Å². The Morgan fingerprint density at radius 2 is 2.04 bits per heavy atom. The molecule has 0 bridgehead atoms. The Morgan fingerprint density at radius 3 is 2.74 bits per heavy atom. The Hall–Kier alpha value is -2.06. The van der Waals surface area contributed by atoms with Crippen molar-refractivity contribution in [3.63, 3.8) is 0 Å². The van der Waals surface area contributed by atoms with Crippen LogP contribution in [-0.2, 0) is 11.3 Å². The van der Waals surface area contributed by atoms with Gasteiger partial charge in [0.15, 0.2) is 0 Å². The first-order chi connectivity index (χ1) is 10.9. The molecule has 0 N–H and O–H groups in total. The Kier molecular flexibility index (Phi) is 5.62. The van der Waals surface area contributed by atoms with Crippen molar-refractivity contribution in [2.24, 2.45) is 0 Å². The van der Waals surface area contributed by atoms with E-state index in [1.54, 1.807) is 4.90 Å². The monoisotopic (exact) mass is 315 g/mol. The molecule has 1 aliphatic heterocycles. The number of carbonyl (C=O) groups excluding carboxylic acids is 1. The van der Waals surface area contributed by atoms with Gasteiger partial charge in [0.1, 0.15) is 5.60 Å². The van der Waals surface area contributed by atoms with Crippen LogP contribution in [0, 0.1) is 11.3 Å². The van der Waals surface area contributed by atoms with E-state index in [1.807, 2.05) is 45.0 Å². The molecule has 5 heteroatoms. The maximum Gasteiger partial charge on any atom is 0.410 e. The maximum atomic E-state index is 12.2. The molecule has 124 valence electrons. The van der Waals surface area contributed by atoms with Gasteiger partial charge in [0.05, 0.1) is 11.6 Å². The van der Waals surface area contributed by atoms with Crippen molar-refractivity contribution in [2.45, 2.75) is 39.3 Å². The van der Waals surface area contributed by atoms with E-state index in [1.165, 1.54) is 0 Å². The number of benzene rings is 1. The molecule has 1 aromatic carbocycles. The number of nitriles is 1. The summed E-state index contributed by atoms with van der Waals surface area (Å²) in [4.78, 5) is 16.3. The first-order valence-corrected chi connectivity index (χ1v) is 8.07. The van der Waals surface area contributed by atoms with E-state index in [9.17, 15) is 4.79 Å². The highest BCUT2D eigenvalue weighted by molar-refractivity contribution is 5.68. The van der Waals surface area contributed by atoms with E-state index >= 15 is 0 Å². The van der Waals surface area contributed by atoms with Crippen LogP contribution < -0.4 is 0 Å². The molecule has 0 radical (unpaired) electrons. The molecule has 0 unspecified atom stereocenters. The summed E-state index contributed by atoms with van der Waals surface area (Å²) in [7, 11) is 0. The molecule has 0 aromatic heterocycles. The third-order valence-corrected chi connectivity index (χ3v) is 3.70. The first-order valence-electron chi connectivity index (χ1n) is 8.07. The fraction of sp³-hybridized carbons (Fsp3) is 0.556. The lowest BCUT2D eigenvalue weighted by Gasteiger charge is -2.26. The van der Waals surface area contributed by atoms with Crippen molar-refractivity contribution < 1.29 is 9.53 Å². The second kappa shape index (κ2) is 7.47. The normalized spacial score (nSPS) is 16.5. The van der Waals surface area contributed by atoms with Crippen molar-refractivity contribution >= 4 is 6.09 Å². The fourth-order valence-corrected chi connectivity index (χ4v) is 2.64. The van der Waals surface area contributed by atoms with Crippen molar-refractivity contribution in [3.8, 4) is 6.07 Å². The summed E-state index contributed by atoms with van der Waals surface area (Å²) in [6.07, 6.45) is 0.697. The molecule has 0 atom stereocenters. The van der Waals surface area contributed by atoms with Crippen LogP contribution in [0.1, 0.15) is 38.3 Å². The third-order valence-electron chi connectivity index (χ3n) is 3.70. The van der Waals surface area contributed by atoms with Gasteiger partial charge in [-0.1, -0.05) is 12.1 Å². The number of rotatable bonds is 2. The molecule has 2 rings (SSSR count). The zero-order valence-electron chi connectivity index (χ0n) is 14.2. The zero-order chi connectivity index (χ0) is 16.9. The van der Waals surface area contributed by atoms with E-state index in [-0.39, 0.29) is 6.09 Å². The summed E-state index contributed by atoms with van der Waals surface area (Å²) < 4.78 is 5.45. The topological polar surface area (TPSA) is 56.6 Å². The summed E-state index contributed by atoms with van der Waals surface area (Å²) in [5.74, 6) is 0. The average Bonchev–Trinajstić information content (AvgIpc) is 2.71. The number of hydrogen-bond donors (Lipinski definition) is 0. The van der Waals surface area contributed by atoms with Crippen LogP contribution in [0.25, 0.3) is 0 Å². The van der Waals surface area contributed by atoms with Gasteiger partial charge in [-0.3, -0.25) is 4.90 Å². The minimum atomic E-state index is -0.458. The molecule has 23 heavy (non-hydrogen) atoms. The van der Waals surface area contributed by atoms with E-state index in [0.29, 0.717) is 12.1 Å². The van der Waals surface area contributed by atoms with Crippen molar-refractivity contribution in [1.82, 2.24) is 9.80 Å². The lowest BCUT2D eigenvalue weighted by atomic mass is 10.1. The third kappa shape index (κ3) is 5.57. The highest BCUT2D eigenvalue weighted by Gasteiger charge is 2.24. The SMILES string of the molecule is CC(C)(C)OC(=O)N1CCCN(Cc2cccc(C#N)c2)CC1. The second-order valence-electron chi connectivity index (χ2n) is 6.91. The number of amides is 1. The second-order valence-corrected chi connectivity index (χ2v) is 6.91. The lowest BCUT2D eigenvalue weighted by Crippen LogP contribution is -2.39. The predicted molar refractivity (Wildman–Crippen MR) is 88.9 cm³/mol. The summed E-state index contributed by atoms with van der Waals surface area (Å²) in [6, 6.07) is 9.87. The Balaban J connectivity index is 1.91. The zero-order valence-corrected chi connectivity index (χ0v) is 14.2. The highest BCUT2D eigenvalue weighted by Crippen LogP contribution is 2.14. The van der Waals surface area contributed by atoms with Crippen LogP contribution in [0.15, 0.2) is 24.3 Å². The number of nitrogens with zero attached hydrogens (tertiary/aromatic N) is 3. The van der Waals surface area contributed by atoms with Gasteiger partial charge in [0.25, 0.3) is 0 Å². The molecule has 1 aliphatic rings. The molecule has 1 aromatic rings. The molecule has 0 spiro atoms. The Morgan fingerprint density at radius 1 is 1.26 bits per heavy atom. The van der Waals surface area contributed by atoms with Crippen LogP contribution in [0.3, 0.4) is 0 Å². The molecule has 5 nitrogen and oxygen atoms in total. The van der Waals surface area contributed by atoms with Gasteiger partial charge >= 0.3 is 6.09 Å². The molecule has 1 heterocycles. The maximum absolute atomic E-state index is 12.2. The molecule has 1 fully saturated rings. The van der Waals surface area contributed by atoms with Crippen molar-refractivity contribution in [3.05, 3.63) is 35.4 Å². The largest absolute Gasteiger partial charge is 0.444 e. The minimum Gasteiger partial charge on any atom is -0.444 e. The van der Waals surface area contributed by atoms with Gasteiger partial charge in [-0.2, -0.15) is 5.26 Å². The van der Waals surface area contributed by atoms with Gasteiger partial charge in [-0.05, 0) is 44.9 Å². The lowest BCUT2D eigenvalue weighted by molar-refractivity contribution is 0.0257. The summed E-state index contributed by atoms with van der Waals surface area (Å²) in [6.45, 7) is 9.62.